The molecule has 0 unspecified atom stereocenters. The van der Waals surface area contributed by atoms with Crippen molar-refractivity contribution in [1.29, 1.82) is 0 Å². The summed E-state index contributed by atoms with van der Waals surface area (Å²) in [5.74, 6) is 1.28. The van der Waals surface area contributed by atoms with Crippen molar-refractivity contribution >= 4 is 40.0 Å². The van der Waals surface area contributed by atoms with Crippen molar-refractivity contribution in [2.45, 2.75) is 13.5 Å². The third-order valence-corrected chi connectivity index (χ3v) is 10.8. The van der Waals surface area contributed by atoms with Gasteiger partial charge in [0.15, 0.2) is 0 Å². The molecule has 0 radical (unpaired) electrons. The molecule has 2 heterocycles. The minimum absolute atomic E-state index is 0.00213. The van der Waals surface area contributed by atoms with Crippen molar-refractivity contribution in [3.63, 3.8) is 0 Å². The molecule has 1 N–H and O–H groups in total. The van der Waals surface area contributed by atoms with Crippen LogP contribution in [0.2, 0.25) is 0 Å². The van der Waals surface area contributed by atoms with E-state index in [0.717, 1.165) is 67.0 Å². The number of nitrogens with zero attached hydrogens (tertiary/aromatic N) is 4. The lowest BCUT2D eigenvalue weighted by Crippen LogP contribution is -2.42. The Bertz CT molecular complexity index is 2500. The van der Waals surface area contributed by atoms with Gasteiger partial charge < -0.3 is 43.4 Å². The average molecular weight is 813 g/mol. The minimum Gasteiger partial charge on any atom is -0.488 e. The molecule has 0 saturated heterocycles. The standard InChI is InChI=1S/C48H54N5O7/c1-33-12-18-40-44(26-33)58-24-25-59-45-28-35(48-38-16-13-34(30-49-2)27-42(38)60-43-29-37(50(3)4)15-17-39(43)48)14-19-41(45)53(32-47(55)57-6)23-21-51(36-10-8-7-9-11-36)20-22-52(40)31-46(54)56-5/h7-19,26-29,49H,20-25,30-32H2,1-6H3/q+1. The van der Waals surface area contributed by atoms with Gasteiger partial charge in [-0.1, -0.05) is 42.5 Å². The van der Waals surface area contributed by atoms with Gasteiger partial charge in [-0.15, -0.1) is 0 Å². The summed E-state index contributed by atoms with van der Waals surface area (Å²) in [4.78, 5) is 32.2. The summed E-state index contributed by atoms with van der Waals surface area (Å²) in [7, 11) is 8.76. The van der Waals surface area contributed by atoms with Crippen LogP contribution in [-0.4, -0.2) is 99.8 Å². The number of rotatable bonds is 8. The lowest BCUT2D eigenvalue weighted by molar-refractivity contribution is -0.139. The van der Waals surface area contributed by atoms with E-state index in [1.807, 2.05) is 80.3 Å². The highest BCUT2D eigenvalue weighted by Crippen LogP contribution is 2.43. The fourth-order valence-electron chi connectivity index (χ4n) is 7.68. The number of hydrogen-bond acceptors (Lipinski definition) is 11. The molecule has 0 aromatic heterocycles. The van der Waals surface area contributed by atoms with Crippen LogP contribution < -0.4 is 39.4 Å². The predicted molar refractivity (Wildman–Crippen MR) is 237 cm³/mol. The lowest BCUT2D eigenvalue weighted by atomic mass is 9.92. The van der Waals surface area contributed by atoms with E-state index >= 15 is 0 Å². The zero-order valence-electron chi connectivity index (χ0n) is 35.3. The van der Waals surface area contributed by atoms with Gasteiger partial charge in [-0.25, -0.2) is 4.58 Å². The Balaban J connectivity index is 1.37. The molecule has 7 rings (SSSR count). The van der Waals surface area contributed by atoms with Crippen LogP contribution in [0.1, 0.15) is 11.1 Å². The van der Waals surface area contributed by atoms with E-state index in [1.54, 1.807) is 0 Å². The number of benzene rings is 5. The molecule has 12 nitrogen and oxygen atoms in total. The van der Waals surface area contributed by atoms with Gasteiger partial charge in [-0.3, -0.25) is 9.59 Å². The summed E-state index contributed by atoms with van der Waals surface area (Å²) < 4.78 is 32.2. The Morgan fingerprint density at radius 1 is 0.733 bits per heavy atom. The Morgan fingerprint density at radius 2 is 1.38 bits per heavy atom. The first-order valence-corrected chi connectivity index (χ1v) is 20.2. The van der Waals surface area contributed by atoms with Crippen molar-refractivity contribution in [2.75, 3.05) is 103 Å². The highest BCUT2D eigenvalue weighted by molar-refractivity contribution is 6.02. The quantitative estimate of drug-likeness (QED) is 0.108. The number of para-hydroxylation sites is 1. The van der Waals surface area contributed by atoms with E-state index < -0.39 is 0 Å². The van der Waals surface area contributed by atoms with E-state index in [2.05, 4.69) is 75.5 Å². The summed E-state index contributed by atoms with van der Waals surface area (Å²) in [6.07, 6.45) is 0. The van der Waals surface area contributed by atoms with Gasteiger partial charge in [-0.05, 0) is 79.2 Å². The molecule has 0 atom stereocenters. The van der Waals surface area contributed by atoms with Gasteiger partial charge in [0.05, 0.1) is 31.7 Å². The maximum Gasteiger partial charge on any atom is 0.325 e. The third-order valence-electron chi connectivity index (χ3n) is 10.8. The molecule has 0 amide bonds. The molecule has 0 bridgehead atoms. The summed E-state index contributed by atoms with van der Waals surface area (Å²) in [5.41, 5.74) is 8.35. The molecular formula is C48H54N5O7+. The van der Waals surface area contributed by atoms with Gasteiger partial charge >= 0.3 is 11.9 Å². The fourth-order valence-corrected chi connectivity index (χ4v) is 7.68. The SMILES string of the molecule is CNCc1ccc2c(-c3ccc4c(c3)OCCOc3cc(C)ccc3N(CC(=O)OC)CCN(c3ccccc3)CCN4CC(=O)OC)c3ccc(=[N+](C)C)cc-3oc2c1. The Labute approximate surface area is 351 Å². The molecule has 3 aliphatic rings. The van der Waals surface area contributed by atoms with Crippen molar-refractivity contribution in [1.82, 2.24) is 9.89 Å². The van der Waals surface area contributed by atoms with Crippen LogP contribution in [0.4, 0.5) is 17.1 Å². The second-order valence-corrected chi connectivity index (χ2v) is 15.1. The van der Waals surface area contributed by atoms with Crippen molar-refractivity contribution < 1.29 is 33.0 Å². The molecule has 4 aromatic rings. The molecule has 312 valence electrons. The smallest absolute Gasteiger partial charge is 0.325 e. The number of methoxy groups -OCH3 is 2. The molecule has 2 aliphatic heterocycles. The number of anilines is 3. The molecule has 1 aliphatic carbocycles. The first-order chi connectivity index (χ1) is 29.1. The van der Waals surface area contributed by atoms with Crippen LogP contribution in [-0.2, 0) is 25.6 Å². The largest absolute Gasteiger partial charge is 0.488 e. The highest BCUT2D eigenvalue weighted by Gasteiger charge is 2.24. The normalized spacial score (nSPS) is 13.7. The minimum atomic E-state index is -0.372. The lowest BCUT2D eigenvalue weighted by Gasteiger charge is -2.33. The van der Waals surface area contributed by atoms with Gasteiger partial charge in [0.2, 0.25) is 5.36 Å². The van der Waals surface area contributed by atoms with Gasteiger partial charge in [0.1, 0.15) is 63.2 Å². The first kappa shape index (κ1) is 41.6. The van der Waals surface area contributed by atoms with Crippen LogP contribution in [0.15, 0.2) is 108 Å². The predicted octanol–water partition coefficient (Wildman–Crippen LogP) is 6.20. The summed E-state index contributed by atoms with van der Waals surface area (Å²) in [6.45, 7) is 5.25. The number of esters is 2. The number of nitrogens with one attached hydrogen (secondary N) is 1. The molecule has 60 heavy (non-hydrogen) atoms. The number of hydrogen-bond donors (Lipinski definition) is 1. The first-order valence-electron chi connectivity index (χ1n) is 20.2. The van der Waals surface area contributed by atoms with E-state index in [0.29, 0.717) is 44.2 Å². The Kier molecular flexibility index (Phi) is 13.2. The average Bonchev–Trinajstić information content (AvgIpc) is 3.26. The number of fused-ring (bicyclic) bond motifs is 4. The summed E-state index contributed by atoms with van der Waals surface area (Å²) >= 11 is 0. The van der Waals surface area contributed by atoms with E-state index in [1.165, 1.54) is 14.2 Å². The Morgan fingerprint density at radius 3 is 2.02 bits per heavy atom. The summed E-state index contributed by atoms with van der Waals surface area (Å²) in [6, 6.07) is 34.9. The molecular weight excluding hydrogens is 759 g/mol. The number of carbonyl (C=O) groups excluding carboxylic acids is 2. The molecule has 12 heteroatoms. The van der Waals surface area contributed by atoms with Crippen LogP contribution in [0, 0.1) is 6.92 Å². The topological polar surface area (TPSA) is 109 Å². The highest BCUT2D eigenvalue weighted by atomic mass is 16.5. The van der Waals surface area contributed by atoms with Crippen LogP contribution in [0.25, 0.3) is 33.4 Å². The van der Waals surface area contributed by atoms with E-state index in [9.17, 15) is 9.59 Å². The van der Waals surface area contributed by atoms with Gasteiger partial charge in [0.25, 0.3) is 0 Å². The van der Waals surface area contributed by atoms with Crippen LogP contribution in [0.3, 0.4) is 0 Å². The second kappa shape index (κ2) is 19.0. The summed E-state index contributed by atoms with van der Waals surface area (Å²) in [5, 5.41) is 5.24. The number of carbonyl (C=O) groups is 2. The molecule has 0 fully saturated rings. The third kappa shape index (κ3) is 9.50. The second-order valence-electron chi connectivity index (χ2n) is 15.1. The molecule has 0 spiro atoms. The fraction of sp³-hybridized carbons (Fsp3) is 0.312. The number of ether oxygens (including phenoxy) is 4. The van der Waals surface area contributed by atoms with Crippen LogP contribution in [0.5, 0.6) is 11.5 Å². The van der Waals surface area contributed by atoms with Gasteiger partial charge in [-0.2, -0.15) is 0 Å². The van der Waals surface area contributed by atoms with Crippen molar-refractivity contribution in [2.24, 2.45) is 0 Å². The van der Waals surface area contributed by atoms with E-state index in [4.69, 9.17) is 23.4 Å². The monoisotopic (exact) mass is 812 g/mol. The van der Waals surface area contributed by atoms with Crippen molar-refractivity contribution in [3.05, 3.63) is 120 Å². The Hall–Kier alpha value is -6.53. The number of aryl methyl sites for hydroxylation is 1. The maximum absolute atomic E-state index is 13.1. The van der Waals surface area contributed by atoms with Gasteiger partial charge in [0, 0.05) is 61.0 Å². The van der Waals surface area contributed by atoms with Crippen LogP contribution >= 0.6 is 0 Å². The zero-order chi connectivity index (χ0) is 42.2. The van der Waals surface area contributed by atoms with E-state index in [-0.39, 0.29) is 38.2 Å². The molecule has 0 saturated carbocycles. The maximum atomic E-state index is 13.1. The zero-order valence-corrected chi connectivity index (χ0v) is 35.3. The van der Waals surface area contributed by atoms with Crippen molar-refractivity contribution in [3.8, 4) is 33.9 Å². The molecule has 4 aromatic carbocycles.